The molecule has 1 aromatic heterocycles. The number of hydrogen-bond donors (Lipinski definition) is 4. The summed E-state index contributed by atoms with van der Waals surface area (Å²) in [6.07, 6.45) is 1.48. The molecule has 2 unspecified atom stereocenters. The molecule has 0 aliphatic heterocycles. The van der Waals surface area contributed by atoms with E-state index < -0.39 is 31.7 Å². The summed E-state index contributed by atoms with van der Waals surface area (Å²) in [5.41, 5.74) is 0.809. The number of amides is 2. The van der Waals surface area contributed by atoms with Crippen LogP contribution in [0.25, 0.3) is 0 Å². The number of hydrogen-bond acceptors (Lipinski definition) is 5. The summed E-state index contributed by atoms with van der Waals surface area (Å²) in [5.74, 6) is -2.26. The fraction of sp³-hybridized carbons (Fsp3) is 0.208. The molecule has 35 heavy (non-hydrogen) atoms. The molecule has 2 aromatic carbocycles. The third kappa shape index (κ3) is 7.42. The lowest BCUT2D eigenvalue weighted by Gasteiger charge is -2.17. The molecule has 0 saturated carbocycles. The minimum atomic E-state index is -1.37. The largest absolute Gasteiger partial charge is 0.508 e. The normalized spacial score (nSPS) is 12.5. The average Bonchev–Trinajstić information content (AvgIpc) is 3.34. The molecule has 1 heterocycles. The van der Waals surface area contributed by atoms with Gasteiger partial charge in [-0.25, -0.2) is 4.79 Å². The first-order valence-corrected chi connectivity index (χ1v) is 14.1. The first kappa shape index (κ1) is 27.0. The van der Waals surface area contributed by atoms with Crippen molar-refractivity contribution < 1.29 is 24.6 Å². The molecule has 184 valence electrons. The van der Waals surface area contributed by atoms with Gasteiger partial charge in [0.25, 0.3) is 11.8 Å². The Labute approximate surface area is 217 Å². The van der Waals surface area contributed by atoms with Crippen LogP contribution in [0.4, 0.5) is 0 Å². The second-order valence-electron chi connectivity index (χ2n) is 7.68. The molecule has 3 rings (SSSR count). The van der Waals surface area contributed by atoms with E-state index in [1.807, 2.05) is 12.1 Å². The molecular formula is C24H23Cl2N2O5PS. The van der Waals surface area contributed by atoms with Crippen molar-refractivity contribution in [1.29, 1.82) is 0 Å². The lowest BCUT2D eigenvalue weighted by molar-refractivity contribution is -0.139. The number of nitrogens with one attached hydrogen (secondary N) is 2. The van der Waals surface area contributed by atoms with Crippen LogP contribution in [0, 0.1) is 0 Å². The highest BCUT2D eigenvalue weighted by molar-refractivity contribution is 7.64. The molecule has 0 aliphatic carbocycles. The highest BCUT2D eigenvalue weighted by atomic mass is 35.5. The molecular weight excluding hydrogens is 530 g/mol. The Bertz CT molecular complexity index is 1200. The third-order valence-corrected chi connectivity index (χ3v) is 8.67. The van der Waals surface area contributed by atoms with Crippen LogP contribution >= 0.6 is 42.5 Å². The summed E-state index contributed by atoms with van der Waals surface area (Å²) < 4.78 is 0. The van der Waals surface area contributed by atoms with Crippen LogP contribution in [0.15, 0.2) is 53.9 Å². The Balaban J connectivity index is 1.64. The molecule has 7 nitrogen and oxygen atoms in total. The predicted molar refractivity (Wildman–Crippen MR) is 141 cm³/mol. The maximum Gasteiger partial charge on any atom is 0.328 e. The molecule has 0 bridgehead atoms. The number of thiophene rings is 1. The second kappa shape index (κ2) is 12.4. The fourth-order valence-corrected chi connectivity index (χ4v) is 6.15. The van der Waals surface area contributed by atoms with Crippen LogP contribution in [0.1, 0.15) is 25.6 Å². The number of aryl methyl sites for hydroxylation is 1. The number of carboxylic acids is 1. The molecule has 0 radical (unpaired) electrons. The molecule has 0 saturated heterocycles. The van der Waals surface area contributed by atoms with Crippen molar-refractivity contribution in [3.8, 4) is 5.75 Å². The van der Waals surface area contributed by atoms with E-state index in [-0.39, 0.29) is 27.9 Å². The van der Waals surface area contributed by atoms with Gasteiger partial charge in [0.2, 0.25) is 0 Å². The SMILES string of the molecule is CP(CCc1cc(Cl)c(C(=O)NC(CNC(=O)c2cccs2)C(=O)O)c(Cl)c1)c1cccc(O)c1. The number of carbonyl (C=O) groups excluding carboxylic acids is 2. The van der Waals surface area contributed by atoms with Crippen LogP contribution in [0.3, 0.4) is 0 Å². The quantitative estimate of drug-likeness (QED) is 0.279. The predicted octanol–water partition coefficient (Wildman–Crippen LogP) is 4.35. The highest BCUT2D eigenvalue weighted by Gasteiger charge is 2.25. The van der Waals surface area contributed by atoms with Crippen molar-refractivity contribution >= 4 is 65.5 Å². The summed E-state index contributed by atoms with van der Waals surface area (Å²) >= 11 is 13.9. The molecule has 4 N–H and O–H groups in total. The van der Waals surface area contributed by atoms with Crippen molar-refractivity contribution in [2.75, 3.05) is 19.4 Å². The smallest absolute Gasteiger partial charge is 0.328 e. The van der Waals surface area contributed by atoms with E-state index in [1.165, 1.54) is 11.3 Å². The molecule has 0 spiro atoms. The summed E-state index contributed by atoms with van der Waals surface area (Å²) in [5, 5.41) is 27.1. The van der Waals surface area contributed by atoms with Gasteiger partial charge in [0.1, 0.15) is 11.8 Å². The first-order valence-electron chi connectivity index (χ1n) is 10.5. The Hall–Kier alpha value is -2.64. The zero-order chi connectivity index (χ0) is 25.5. The topological polar surface area (TPSA) is 116 Å². The van der Waals surface area contributed by atoms with Gasteiger partial charge in [-0.1, -0.05) is 49.3 Å². The van der Waals surface area contributed by atoms with Crippen molar-refractivity contribution in [3.05, 3.63) is 80.0 Å². The van der Waals surface area contributed by atoms with Crippen LogP contribution in [-0.4, -0.2) is 53.4 Å². The number of carboxylic acid groups (broad SMARTS) is 1. The number of rotatable bonds is 10. The van der Waals surface area contributed by atoms with Gasteiger partial charge in [-0.3, -0.25) is 9.59 Å². The zero-order valence-corrected chi connectivity index (χ0v) is 21.8. The Kier molecular flexibility index (Phi) is 9.52. The molecule has 0 aliphatic rings. The van der Waals surface area contributed by atoms with Crippen molar-refractivity contribution in [1.82, 2.24) is 10.6 Å². The summed E-state index contributed by atoms with van der Waals surface area (Å²) in [4.78, 5) is 37.0. The average molecular weight is 553 g/mol. The van der Waals surface area contributed by atoms with Gasteiger partial charge in [0.05, 0.1) is 20.5 Å². The number of carbonyl (C=O) groups is 3. The van der Waals surface area contributed by atoms with E-state index in [0.29, 0.717) is 11.3 Å². The second-order valence-corrected chi connectivity index (χ2v) is 11.8. The number of aliphatic carboxylic acids is 1. The van der Waals surface area contributed by atoms with E-state index in [9.17, 15) is 24.6 Å². The maximum absolute atomic E-state index is 12.8. The number of benzene rings is 2. The Morgan fingerprint density at radius 3 is 2.37 bits per heavy atom. The van der Waals surface area contributed by atoms with Crippen LogP contribution in [0.2, 0.25) is 10.0 Å². The number of phenolic OH excluding ortho intramolecular Hbond substituents is 1. The van der Waals surface area contributed by atoms with Gasteiger partial charge >= 0.3 is 5.97 Å². The molecule has 0 fully saturated rings. The standard InChI is InChI=1S/C24H23Cl2N2O5PS/c1-34(16-5-2-4-15(29)12-16)8-7-14-10-17(25)21(18(26)11-14)23(31)28-19(24(32)33)13-27-22(30)20-6-3-9-35-20/h2-6,9-12,19,29H,7-8,13H2,1H3,(H,27,30)(H,28,31)(H,32,33). The van der Waals surface area contributed by atoms with Gasteiger partial charge in [0, 0.05) is 6.54 Å². The van der Waals surface area contributed by atoms with Gasteiger partial charge in [-0.2, -0.15) is 0 Å². The summed E-state index contributed by atoms with van der Waals surface area (Å²) in [6.45, 7) is 1.80. The minimum Gasteiger partial charge on any atom is -0.508 e. The van der Waals surface area contributed by atoms with E-state index in [0.717, 1.165) is 17.0 Å². The molecule has 2 amide bonds. The zero-order valence-electron chi connectivity index (χ0n) is 18.6. The van der Waals surface area contributed by atoms with E-state index >= 15 is 0 Å². The van der Waals surface area contributed by atoms with Gasteiger partial charge in [0.15, 0.2) is 0 Å². The first-order chi connectivity index (χ1) is 16.7. The van der Waals surface area contributed by atoms with E-state index in [4.69, 9.17) is 23.2 Å². The fourth-order valence-electron chi connectivity index (χ4n) is 3.26. The van der Waals surface area contributed by atoms with Gasteiger partial charge in [-0.15, -0.1) is 11.3 Å². The lowest BCUT2D eigenvalue weighted by Crippen LogP contribution is -2.48. The van der Waals surface area contributed by atoms with Crippen LogP contribution in [0.5, 0.6) is 5.75 Å². The Morgan fingerprint density at radius 1 is 1.06 bits per heavy atom. The van der Waals surface area contributed by atoms with E-state index in [1.54, 1.807) is 41.8 Å². The Morgan fingerprint density at radius 2 is 1.77 bits per heavy atom. The van der Waals surface area contributed by atoms with Crippen molar-refractivity contribution in [2.24, 2.45) is 0 Å². The van der Waals surface area contributed by atoms with Crippen LogP contribution < -0.4 is 15.9 Å². The summed E-state index contributed by atoms with van der Waals surface area (Å²) in [7, 11) is -0.522. The monoisotopic (exact) mass is 552 g/mol. The van der Waals surface area contributed by atoms with Gasteiger partial charge < -0.3 is 20.8 Å². The highest BCUT2D eigenvalue weighted by Crippen LogP contribution is 2.33. The van der Waals surface area contributed by atoms with Gasteiger partial charge in [-0.05, 0) is 65.8 Å². The molecule has 3 aromatic rings. The maximum atomic E-state index is 12.8. The minimum absolute atomic E-state index is 0.0281. The van der Waals surface area contributed by atoms with Crippen LogP contribution in [-0.2, 0) is 11.2 Å². The van der Waals surface area contributed by atoms with Crippen molar-refractivity contribution in [3.63, 3.8) is 0 Å². The molecule has 2 atom stereocenters. The van der Waals surface area contributed by atoms with Crippen molar-refractivity contribution in [2.45, 2.75) is 12.5 Å². The number of halogens is 2. The van der Waals surface area contributed by atoms with E-state index in [2.05, 4.69) is 17.3 Å². The molecule has 11 heteroatoms. The lowest BCUT2D eigenvalue weighted by atomic mass is 10.1. The number of aromatic hydroxyl groups is 1. The third-order valence-electron chi connectivity index (χ3n) is 5.15. The number of phenols is 1. The summed E-state index contributed by atoms with van der Waals surface area (Å²) in [6, 6.07) is 12.4.